The van der Waals surface area contributed by atoms with Crippen LogP contribution in [-0.4, -0.2) is 75.2 Å². The number of carboxylic acid groups (broad SMARTS) is 2. The number of likely N-dealkylation sites (N-methyl/N-ethyl adjacent to an activating group) is 1. The molecule has 206 valence electrons. The molecular formula is C30H25N5O6. The Morgan fingerprint density at radius 3 is 1.54 bits per heavy atom. The minimum absolute atomic E-state index is 0.0531. The van der Waals surface area contributed by atoms with E-state index in [9.17, 15) is 19.8 Å². The largest absolute Gasteiger partial charge is 0.478 e. The third-order valence-electron chi connectivity index (χ3n) is 6.90. The number of piperazine rings is 1. The number of anilines is 1. The van der Waals surface area contributed by atoms with Crippen molar-refractivity contribution in [3.63, 3.8) is 0 Å². The van der Waals surface area contributed by atoms with Gasteiger partial charge in [-0.2, -0.15) is 9.97 Å². The number of hydrogen-bond donors (Lipinski definition) is 2. The molecule has 11 nitrogen and oxygen atoms in total. The number of fused-ring (bicyclic) bond motifs is 2. The number of nitrogens with zero attached hydrogens (tertiary/aromatic N) is 5. The van der Waals surface area contributed by atoms with Crippen LogP contribution in [0, 0.1) is 0 Å². The summed E-state index contributed by atoms with van der Waals surface area (Å²) < 4.78 is 12.1. The summed E-state index contributed by atoms with van der Waals surface area (Å²) in [6.07, 6.45) is 0. The quantitative estimate of drug-likeness (QED) is 0.285. The number of rotatable bonds is 7. The zero-order valence-corrected chi connectivity index (χ0v) is 22.0. The van der Waals surface area contributed by atoms with Crippen LogP contribution in [0.4, 0.5) is 5.95 Å². The van der Waals surface area contributed by atoms with Crippen LogP contribution in [-0.2, 0) is 0 Å². The summed E-state index contributed by atoms with van der Waals surface area (Å²) in [5.41, 5.74) is 0.413. The molecule has 0 bridgehead atoms. The fraction of sp³-hybridized carbons (Fsp3) is 0.167. The molecule has 5 aromatic rings. The lowest BCUT2D eigenvalue weighted by atomic mass is 10.1. The average molecular weight is 552 g/mol. The molecule has 41 heavy (non-hydrogen) atoms. The van der Waals surface area contributed by atoms with E-state index in [1.54, 1.807) is 72.8 Å². The Hall–Kier alpha value is -5.29. The van der Waals surface area contributed by atoms with Crippen molar-refractivity contribution < 1.29 is 29.3 Å². The number of carbonyl (C=O) groups is 2. The van der Waals surface area contributed by atoms with Crippen molar-refractivity contribution >= 4 is 39.4 Å². The Morgan fingerprint density at radius 1 is 0.634 bits per heavy atom. The second kappa shape index (κ2) is 10.7. The summed E-state index contributed by atoms with van der Waals surface area (Å²) in [4.78, 5) is 40.4. The first-order valence-corrected chi connectivity index (χ1v) is 12.9. The summed E-state index contributed by atoms with van der Waals surface area (Å²) in [5, 5.41) is 21.7. The van der Waals surface area contributed by atoms with Crippen LogP contribution in [0.2, 0.25) is 0 Å². The topological polar surface area (TPSA) is 138 Å². The predicted octanol–water partition coefficient (Wildman–Crippen LogP) is 4.91. The average Bonchev–Trinajstić information content (AvgIpc) is 2.96. The minimum Gasteiger partial charge on any atom is -0.478 e. The molecule has 1 aromatic heterocycles. The number of hydrogen-bond acceptors (Lipinski definition) is 9. The van der Waals surface area contributed by atoms with E-state index in [0.717, 1.165) is 47.7 Å². The fourth-order valence-electron chi connectivity index (χ4n) is 4.62. The molecule has 2 heterocycles. The number of aromatic carboxylic acids is 2. The van der Waals surface area contributed by atoms with Crippen molar-refractivity contribution in [2.24, 2.45) is 0 Å². The second-order valence-corrected chi connectivity index (χ2v) is 9.75. The minimum atomic E-state index is -0.988. The van der Waals surface area contributed by atoms with Gasteiger partial charge in [-0.1, -0.05) is 24.3 Å². The fourth-order valence-corrected chi connectivity index (χ4v) is 4.62. The van der Waals surface area contributed by atoms with E-state index in [2.05, 4.69) is 26.9 Å². The van der Waals surface area contributed by atoms with Gasteiger partial charge in [-0.3, -0.25) is 0 Å². The first-order valence-electron chi connectivity index (χ1n) is 12.9. The van der Waals surface area contributed by atoms with E-state index in [1.165, 1.54) is 0 Å². The van der Waals surface area contributed by atoms with Crippen LogP contribution in [0.3, 0.4) is 0 Å². The maximum Gasteiger partial charge on any atom is 0.335 e. The molecule has 11 heteroatoms. The summed E-state index contributed by atoms with van der Waals surface area (Å²) in [5.74, 6) is -0.600. The molecule has 1 fully saturated rings. The van der Waals surface area contributed by atoms with Gasteiger partial charge < -0.3 is 29.5 Å². The van der Waals surface area contributed by atoms with Crippen molar-refractivity contribution in [1.82, 2.24) is 19.9 Å². The highest BCUT2D eigenvalue weighted by molar-refractivity contribution is 5.95. The zero-order chi connectivity index (χ0) is 28.5. The zero-order valence-electron chi connectivity index (χ0n) is 22.0. The molecule has 1 aliphatic heterocycles. The molecular weight excluding hydrogens is 526 g/mol. The van der Waals surface area contributed by atoms with Gasteiger partial charge in [0, 0.05) is 26.2 Å². The summed E-state index contributed by atoms with van der Waals surface area (Å²) >= 11 is 0. The van der Waals surface area contributed by atoms with Crippen LogP contribution < -0.4 is 14.4 Å². The molecule has 4 aromatic carbocycles. The molecule has 0 aliphatic carbocycles. The molecule has 1 aliphatic rings. The number of carboxylic acids is 2. The van der Waals surface area contributed by atoms with Gasteiger partial charge in [0.2, 0.25) is 5.95 Å². The van der Waals surface area contributed by atoms with Crippen LogP contribution in [0.25, 0.3) is 21.5 Å². The van der Waals surface area contributed by atoms with Gasteiger partial charge in [-0.25, -0.2) is 9.59 Å². The Balaban J connectivity index is 1.31. The summed E-state index contributed by atoms with van der Waals surface area (Å²) in [7, 11) is 2.06. The number of benzene rings is 4. The highest BCUT2D eigenvalue weighted by atomic mass is 16.5. The lowest BCUT2D eigenvalue weighted by molar-refractivity contribution is 0.0686. The number of aromatic nitrogens is 3. The van der Waals surface area contributed by atoms with Gasteiger partial charge in [-0.05, 0) is 77.1 Å². The van der Waals surface area contributed by atoms with Crippen LogP contribution >= 0.6 is 0 Å². The van der Waals surface area contributed by atoms with E-state index in [-0.39, 0.29) is 23.1 Å². The smallest absolute Gasteiger partial charge is 0.335 e. The van der Waals surface area contributed by atoms with E-state index >= 15 is 0 Å². The van der Waals surface area contributed by atoms with Crippen molar-refractivity contribution in [1.29, 1.82) is 0 Å². The van der Waals surface area contributed by atoms with Gasteiger partial charge in [0.05, 0.1) is 11.1 Å². The monoisotopic (exact) mass is 551 g/mol. The van der Waals surface area contributed by atoms with Crippen LogP contribution in [0.15, 0.2) is 72.8 Å². The maximum atomic E-state index is 11.3. The molecule has 1 saturated heterocycles. The molecule has 0 amide bonds. The molecule has 0 spiro atoms. The van der Waals surface area contributed by atoms with Gasteiger partial charge in [0.25, 0.3) is 0 Å². The van der Waals surface area contributed by atoms with Crippen LogP contribution in [0.5, 0.6) is 23.5 Å². The Bertz CT molecular complexity index is 1680. The highest BCUT2D eigenvalue weighted by Crippen LogP contribution is 2.29. The molecule has 6 rings (SSSR count). The molecule has 0 atom stereocenters. The third-order valence-corrected chi connectivity index (χ3v) is 6.90. The first-order chi connectivity index (χ1) is 19.8. The molecule has 2 N–H and O–H groups in total. The van der Waals surface area contributed by atoms with Crippen molar-refractivity contribution in [2.45, 2.75) is 0 Å². The first kappa shape index (κ1) is 26.0. The lowest BCUT2D eigenvalue weighted by Crippen LogP contribution is -2.45. The predicted molar refractivity (Wildman–Crippen MR) is 151 cm³/mol. The normalized spacial score (nSPS) is 13.8. The van der Waals surface area contributed by atoms with Gasteiger partial charge in [0.1, 0.15) is 11.5 Å². The SMILES string of the molecule is CN1CCN(c2nc(Oc3ccc4cc(C(=O)O)ccc4c3)nc(Oc3ccc4cc(C(=O)O)ccc4c3)n2)CC1. The standard InChI is InChI=1S/C30H25N5O6/c1-34-10-12-35(13-11-34)28-31-29(40-24-8-6-18-14-22(26(36)37)4-2-20(18)16-24)33-30(32-28)41-25-9-7-19-15-23(27(38)39)5-3-21(19)17-25/h2-9,14-17H,10-13H2,1H3,(H,36,37)(H,38,39). The van der Waals surface area contributed by atoms with Crippen molar-refractivity contribution in [3.05, 3.63) is 83.9 Å². The maximum absolute atomic E-state index is 11.3. The van der Waals surface area contributed by atoms with E-state index < -0.39 is 11.9 Å². The Labute approximate surface area is 234 Å². The lowest BCUT2D eigenvalue weighted by Gasteiger charge is -2.32. The summed E-state index contributed by atoms with van der Waals surface area (Å²) in [6, 6.07) is 20.4. The van der Waals surface area contributed by atoms with E-state index in [4.69, 9.17) is 9.47 Å². The van der Waals surface area contributed by atoms with Gasteiger partial charge in [-0.15, -0.1) is 4.98 Å². The second-order valence-electron chi connectivity index (χ2n) is 9.75. The van der Waals surface area contributed by atoms with Gasteiger partial charge in [0.15, 0.2) is 0 Å². The Kier molecular flexibility index (Phi) is 6.78. The molecule has 0 unspecified atom stereocenters. The highest BCUT2D eigenvalue weighted by Gasteiger charge is 2.20. The van der Waals surface area contributed by atoms with E-state index in [0.29, 0.717) is 17.4 Å². The molecule has 0 radical (unpaired) electrons. The van der Waals surface area contributed by atoms with E-state index in [1.807, 2.05) is 4.90 Å². The molecule has 0 saturated carbocycles. The van der Waals surface area contributed by atoms with Crippen molar-refractivity contribution in [3.8, 4) is 23.5 Å². The Morgan fingerprint density at radius 2 is 1.07 bits per heavy atom. The number of ether oxygens (including phenoxy) is 2. The van der Waals surface area contributed by atoms with Crippen LogP contribution in [0.1, 0.15) is 20.7 Å². The third kappa shape index (κ3) is 5.70. The summed E-state index contributed by atoms with van der Waals surface area (Å²) in [6.45, 7) is 3.15. The van der Waals surface area contributed by atoms with Gasteiger partial charge >= 0.3 is 24.0 Å². The van der Waals surface area contributed by atoms with Crippen molar-refractivity contribution in [2.75, 3.05) is 38.1 Å².